The second-order valence-electron chi connectivity index (χ2n) is 5.11. The number of fused-ring (bicyclic) bond motifs is 1. The maximum absolute atomic E-state index is 12.1. The van der Waals surface area contributed by atoms with Crippen LogP contribution in [-0.2, 0) is 13.5 Å². The number of methoxy groups -OCH3 is 1. The molecule has 21 heavy (non-hydrogen) atoms. The fraction of sp³-hybridized carbons (Fsp3) is 0.167. The molecule has 0 unspecified atom stereocenters. The molecule has 0 N–H and O–H groups in total. The van der Waals surface area contributed by atoms with Crippen LogP contribution in [0.3, 0.4) is 0 Å². The summed E-state index contributed by atoms with van der Waals surface area (Å²) >= 11 is 0. The minimum Gasteiger partial charge on any atom is -0.497 e. The Labute approximate surface area is 123 Å². The van der Waals surface area contributed by atoms with Gasteiger partial charge in [0.1, 0.15) is 5.75 Å². The summed E-state index contributed by atoms with van der Waals surface area (Å²) in [6, 6.07) is 17.7. The molecule has 3 nitrogen and oxygen atoms in total. The molecule has 0 fully saturated rings. The van der Waals surface area contributed by atoms with Gasteiger partial charge in [0, 0.05) is 18.5 Å². The number of hydrogen-bond acceptors (Lipinski definition) is 2. The molecule has 0 radical (unpaired) electrons. The van der Waals surface area contributed by atoms with Crippen LogP contribution < -0.4 is 10.3 Å². The highest BCUT2D eigenvalue weighted by Crippen LogP contribution is 2.20. The summed E-state index contributed by atoms with van der Waals surface area (Å²) in [5.74, 6) is 0.840. The van der Waals surface area contributed by atoms with Crippen LogP contribution in [0.1, 0.15) is 11.1 Å². The molecule has 0 bridgehead atoms. The number of pyridine rings is 1. The lowest BCUT2D eigenvalue weighted by atomic mass is 10.0. The smallest absolute Gasteiger partial charge is 0.251 e. The summed E-state index contributed by atoms with van der Waals surface area (Å²) in [5, 5.41) is 1.12. The molecule has 0 saturated heterocycles. The van der Waals surface area contributed by atoms with Crippen LogP contribution in [0.4, 0.5) is 0 Å². The summed E-state index contributed by atoms with van der Waals surface area (Å²) in [7, 11) is 3.46. The molecule has 3 aromatic rings. The van der Waals surface area contributed by atoms with E-state index in [-0.39, 0.29) is 5.56 Å². The average Bonchev–Trinajstić information content (AvgIpc) is 2.53. The van der Waals surface area contributed by atoms with Crippen LogP contribution in [0.25, 0.3) is 10.9 Å². The van der Waals surface area contributed by atoms with E-state index in [4.69, 9.17) is 4.74 Å². The van der Waals surface area contributed by atoms with Crippen LogP contribution in [0.2, 0.25) is 0 Å². The number of aromatic nitrogens is 1. The minimum atomic E-state index is 0.0252. The van der Waals surface area contributed by atoms with E-state index in [0.29, 0.717) is 0 Å². The number of rotatable bonds is 3. The average molecular weight is 279 g/mol. The van der Waals surface area contributed by atoms with Crippen molar-refractivity contribution in [1.29, 1.82) is 0 Å². The summed E-state index contributed by atoms with van der Waals surface area (Å²) in [6.07, 6.45) is 0.737. The monoisotopic (exact) mass is 279 g/mol. The predicted molar refractivity (Wildman–Crippen MR) is 85.0 cm³/mol. The Morgan fingerprint density at radius 1 is 1.05 bits per heavy atom. The van der Waals surface area contributed by atoms with Crippen molar-refractivity contribution in [3.63, 3.8) is 0 Å². The zero-order valence-electron chi connectivity index (χ0n) is 12.2. The maximum Gasteiger partial charge on any atom is 0.251 e. The van der Waals surface area contributed by atoms with Crippen LogP contribution in [0.5, 0.6) is 5.75 Å². The van der Waals surface area contributed by atoms with Gasteiger partial charge < -0.3 is 9.30 Å². The molecule has 0 aliphatic carbocycles. The van der Waals surface area contributed by atoms with Gasteiger partial charge in [0.15, 0.2) is 0 Å². The van der Waals surface area contributed by atoms with E-state index in [1.165, 1.54) is 0 Å². The van der Waals surface area contributed by atoms with E-state index >= 15 is 0 Å². The zero-order chi connectivity index (χ0) is 14.8. The fourth-order valence-electron chi connectivity index (χ4n) is 2.59. The van der Waals surface area contributed by atoms with Crippen LogP contribution >= 0.6 is 0 Å². The first-order chi connectivity index (χ1) is 10.2. The van der Waals surface area contributed by atoms with Crippen molar-refractivity contribution in [2.24, 2.45) is 7.05 Å². The topological polar surface area (TPSA) is 31.2 Å². The van der Waals surface area contributed by atoms with Crippen molar-refractivity contribution in [1.82, 2.24) is 4.57 Å². The highest BCUT2D eigenvalue weighted by molar-refractivity contribution is 5.82. The van der Waals surface area contributed by atoms with Gasteiger partial charge >= 0.3 is 0 Å². The normalized spacial score (nSPS) is 10.8. The van der Waals surface area contributed by atoms with Gasteiger partial charge in [-0.05, 0) is 35.7 Å². The fourth-order valence-corrected chi connectivity index (χ4v) is 2.59. The Hall–Kier alpha value is -2.55. The van der Waals surface area contributed by atoms with Gasteiger partial charge in [-0.15, -0.1) is 0 Å². The molecule has 3 rings (SSSR count). The number of hydrogen-bond donors (Lipinski definition) is 0. The van der Waals surface area contributed by atoms with E-state index in [0.717, 1.165) is 34.2 Å². The van der Waals surface area contributed by atoms with Crippen molar-refractivity contribution in [3.05, 3.63) is 76.1 Å². The standard InChI is InChI=1S/C18H17NO2/c1-19-17-6-4-3-5-16(17)14(12-18(19)20)11-13-7-9-15(21-2)10-8-13/h3-10,12H,11H2,1-2H3. The third kappa shape index (κ3) is 2.55. The Morgan fingerprint density at radius 2 is 1.76 bits per heavy atom. The van der Waals surface area contributed by atoms with Crippen molar-refractivity contribution in [2.45, 2.75) is 6.42 Å². The molecule has 1 aromatic heterocycles. The van der Waals surface area contributed by atoms with Gasteiger partial charge in [0.05, 0.1) is 12.6 Å². The Balaban J connectivity index is 2.07. The molecule has 106 valence electrons. The first kappa shape index (κ1) is 13.4. The lowest BCUT2D eigenvalue weighted by Gasteiger charge is -2.10. The lowest BCUT2D eigenvalue weighted by Crippen LogP contribution is -2.17. The molecule has 1 heterocycles. The lowest BCUT2D eigenvalue weighted by molar-refractivity contribution is 0.414. The summed E-state index contributed by atoms with van der Waals surface area (Å²) in [5.41, 5.74) is 3.21. The van der Waals surface area contributed by atoms with Crippen molar-refractivity contribution >= 4 is 10.9 Å². The third-order valence-electron chi connectivity index (χ3n) is 3.79. The number of benzene rings is 2. The SMILES string of the molecule is COc1ccc(Cc2cc(=O)n(C)c3ccccc23)cc1. The van der Waals surface area contributed by atoms with Gasteiger partial charge in [-0.2, -0.15) is 0 Å². The number of nitrogens with zero attached hydrogens (tertiary/aromatic N) is 1. The third-order valence-corrected chi connectivity index (χ3v) is 3.79. The summed E-state index contributed by atoms with van der Waals surface area (Å²) in [6.45, 7) is 0. The van der Waals surface area contributed by atoms with Crippen LogP contribution in [0.15, 0.2) is 59.4 Å². The molecule has 0 amide bonds. The first-order valence-electron chi connectivity index (χ1n) is 6.89. The molecule has 0 aliphatic heterocycles. The van der Waals surface area contributed by atoms with Gasteiger partial charge in [0.25, 0.3) is 5.56 Å². The number of ether oxygens (including phenoxy) is 1. The van der Waals surface area contributed by atoms with E-state index < -0.39 is 0 Å². The Bertz CT molecular complexity index is 832. The molecule has 2 aromatic carbocycles. The molecular formula is C18H17NO2. The largest absolute Gasteiger partial charge is 0.497 e. The number of para-hydroxylation sites is 1. The van der Waals surface area contributed by atoms with Gasteiger partial charge in [0.2, 0.25) is 0 Å². The van der Waals surface area contributed by atoms with E-state index in [9.17, 15) is 4.79 Å². The molecule has 0 spiro atoms. The number of aryl methyl sites for hydroxylation is 1. The summed E-state index contributed by atoms with van der Waals surface area (Å²) < 4.78 is 6.86. The zero-order valence-corrected chi connectivity index (χ0v) is 12.2. The van der Waals surface area contributed by atoms with Crippen LogP contribution in [-0.4, -0.2) is 11.7 Å². The van der Waals surface area contributed by atoms with Crippen LogP contribution in [0, 0.1) is 0 Å². The predicted octanol–water partition coefficient (Wildman–Crippen LogP) is 3.14. The van der Waals surface area contributed by atoms with Crippen molar-refractivity contribution in [3.8, 4) is 5.75 Å². The molecule has 0 saturated carbocycles. The van der Waals surface area contributed by atoms with Gasteiger partial charge in [-0.25, -0.2) is 0 Å². The molecular weight excluding hydrogens is 262 g/mol. The Morgan fingerprint density at radius 3 is 2.48 bits per heavy atom. The van der Waals surface area contributed by atoms with Crippen molar-refractivity contribution in [2.75, 3.05) is 7.11 Å². The molecule has 0 atom stereocenters. The minimum absolute atomic E-state index is 0.0252. The highest BCUT2D eigenvalue weighted by atomic mass is 16.5. The molecule has 0 aliphatic rings. The molecule has 3 heteroatoms. The maximum atomic E-state index is 12.1. The highest BCUT2D eigenvalue weighted by Gasteiger charge is 2.07. The first-order valence-corrected chi connectivity index (χ1v) is 6.89. The quantitative estimate of drug-likeness (QED) is 0.737. The Kier molecular flexibility index (Phi) is 3.48. The van der Waals surface area contributed by atoms with Gasteiger partial charge in [-0.3, -0.25) is 4.79 Å². The summed E-state index contributed by atoms with van der Waals surface area (Å²) in [4.78, 5) is 12.1. The van der Waals surface area contributed by atoms with Gasteiger partial charge in [-0.1, -0.05) is 30.3 Å². The van der Waals surface area contributed by atoms with Crippen molar-refractivity contribution < 1.29 is 4.74 Å². The van der Waals surface area contributed by atoms with E-state index in [1.807, 2.05) is 49.5 Å². The second-order valence-corrected chi connectivity index (χ2v) is 5.11. The van der Waals surface area contributed by atoms with E-state index in [1.54, 1.807) is 17.7 Å². The van der Waals surface area contributed by atoms with E-state index in [2.05, 4.69) is 6.07 Å². The second kappa shape index (κ2) is 5.44.